The molecule has 3 heteroatoms. The zero-order valence-electron chi connectivity index (χ0n) is 25.4. The zero-order valence-corrected chi connectivity index (χ0v) is 25.4. The van der Waals surface area contributed by atoms with Crippen LogP contribution in [0.15, 0.2) is 164 Å². The molecule has 3 N–H and O–H groups in total. The summed E-state index contributed by atoms with van der Waals surface area (Å²) in [7, 11) is 0. The number of hydrogen-bond acceptors (Lipinski definition) is 2. The molecule has 0 aliphatic rings. The lowest BCUT2D eigenvalue weighted by Crippen LogP contribution is -1.94. The molecule has 7 rings (SSSR count). The molecule has 0 fully saturated rings. The molecule has 6 aromatic carbocycles. The lowest BCUT2D eigenvalue weighted by atomic mass is 9.91. The first-order chi connectivity index (χ1) is 22.1. The number of rotatable bonds is 6. The lowest BCUT2D eigenvalue weighted by molar-refractivity contribution is 1.19. The number of nitrogens with one attached hydrogen (secondary N) is 1. The average molecular weight is 582 g/mol. The van der Waals surface area contributed by atoms with Crippen molar-refractivity contribution in [2.45, 2.75) is 6.92 Å². The van der Waals surface area contributed by atoms with Gasteiger partial charge < -0.3 is 15.7 Å². The van der Waals surface area contributed by atoms with Crippen molar-refractivity contribution >= 4 is 55.1 Å². The summed E-state index contributed by atoms with van der Waals surface area (Å²) in [6, 6.07) is 43.4. The normalized spacial score (nSPS) is 11.8. The summed E-state index contributed by atoms with van der Waals surface area (Å²) < 4.78 is 2.39. The van der Waals surface area contributed by atoms with Crippen LogP contribution in [0.3, 0.4) is 0 Å². The van der Waals surface area contributed by atoms with Crippen LogP contribution in [0.25, 0.3) is 65.7 Å². The molecule has 0 bridgehead atoms. The Morgan fingerprint density at radius 2 is 1.40 bits per heavy atom. The molecule has 0 unspecified atom stereocenters. The molecule has 0 radical (unpaired) electrons. The van der Waals surface area contributed by atoms with Crippen molar-refractivity contribution in [3.8, 4) is 16.8 Å². The second-order valence-electron chi connectivity index (χ2n) is 10.9. The fourth-order valence-electron chi connectivity index (χ4n) is 6.01. The molecule has 3 nitrogen and oxygen atoms in total. The first kappa shape index (κ1) is 29.2. The van der Waals surface area contributed by atoms with Crippen LogP contribution in [0.1, 0.15) is 12.5 Å². The smallest absolute Gasteiger partial charge is 0.0619 e. The van der Waals surface area contributed by atoms with Gasteiger partial charge in [-0.25, -0.2) is 0 Å². The molecule has 0 amide bonds. The molecule has 0 saturated carbocycles. The Morgan fingerprint density at radius 1 is 0.711 bits per heavy atom. The van der Waals surface area contributed by atoms with Crippen LogP contribution in [-0.2, 0) is 0 Å². The van der Waals surface area contributed by atoms with E-state index in [9.17, 15) is 0 Å². The highest BCUT2D eigenvalue weighted by Crippen LogP contribution is 2.39. The number of nitrogens with zero attached hydrogens (tertiary/aromatic N) is 1. The molecule has 0 atom stereocenters. The summed E-state index contributed by atoms with van der Waals surface area (Å²) in [6.07, 6.45) is 8.26. The van der Waals surface area contributed by atoms with Gasteiger partial charge in [0.25, 0.3) is 0 Å². The molecule has 218 valence electrons. The quantitative estimate of drug-likeness (QED) is 0.149. The second-order valence-corrected chi connectivity index (χ2v) is 10.9. The minimum absolute atomic E-state index is 0.849. The topological polar surface area (TPSA) is 54.8 Å². The van der Waals surface area contributed by atoms with E-state index in [1.54, 1.807) is 12.2 Å². The van der Waals surface area contributed by atoms with Crippen molar-refractivity contribution in [2.75, 3.05) is 0 Å². The zero-order chi connectivity index (χ0) is 31.3. The van der Waals surface area contributed by atoms with Crippen LogP contribution >= 0.6 is 0 Å². The Hall–Kier alpha value is -5.93. The number of para-hydroxylation sites is 2. The molecule has 0 aliphatic heterocycles. The maximum Gasteiger partial charge on any atom is 0.0619 e. The lowest BCUT2D eigenvalue weighted by Gasteiger charge is -2.14. The fourth-order valence-corrected chi connectivity index (χ4v) is 6.01. The minimum Gasteiger partial charge on any atom is -0.404 e. The molecular formula is C42H35N3. The van der Waals surface area contributed by atoms with Crippen LogP contribution in [0.2, 0.25) is 0 Å². The largest absolute Gasteiger partial charge is 0.404 e. The van der Waals surface area contributed by atoms with E-state index in [-0.39, 0.29) is 0 Å². The van der Waals surface area contributed by atoms with Gasteiger partial charge in [-0.15, -0.1) is 0 Å². The Bertz CT molecular complexity index is 2280. The Kier molecular flexibility index (Phi) is 8.26. The summed E-state index contributed by atoms with van der Waals surface area (Å²) in [6.45, 7) is 9.21. The van der Waals surface area contributed by atoms with E-state index in [1.165, 1.54) is 61.5 Å². The Morgan fingerprint density at radius 3 is 2.09 bits per heavy atom. The van der Waals surface area contributed by atoms with Gasteiger partial charge in [0.05, 0.1) is 11.0 Å². The van der Waals surface area contributed by atoms with Crippen LogP contribution in [-0.4, -0.2) is 10.8 Å². The Balaban J connectivity index is 0.000000545. The van der Waals surface area contributed by atoms with Gasteiger partial charge in [-0.2, -0.15) is 0 Å². The van der Waals surface area contributed by atoms with Gasteiger partial charge in [0.2, 0.25) is 0 Å². The summed E-state index contributed by atoms with van der Waals surface area (Å²) in [5.74, 6) is 0. The van der Waals surface area contributed by atoms with Crippen molar-refractivity contribution in [1.82, 2.24) is 4.57 Å². The number of nitrogens with two attached hydrogens (primary N) is 1. The molecule has 0 saturated heterocycles. The van der Waals surface area contributed by atoms with Gasteiger partial charge in [0, 0.05) is 28.1 Å². The maximum atomic E-state index is 7.93. The van der Waals surface area contributed by atoms with Crippen molar-refractivity contribution < 1.29 is 0 Å². The molecule has 1 aromatic heterocycles. The fraction of sp³-hybridized carbons (Fsp3) is 0.0238. The number of allylic oxidation sites excluding steroid dienone is 5. The summed E-state index contributed by atoms with van der Waals surface area (Å²) in [4.78, 5) is 0. The van der Waals surface area contributed by atoms with Crippen LogP contribution in [0.4, 0.5) is 0 Å². The molecule has 45 heavy (non-hydrogen) atoms. The van der Waals surface area contributed by atoms with E-state index >= 15 is 0 Å². The highest BCUT2D eigenvalue weighted by molar-refractivity contribution is 6.19. The number of benzene rings is 6. The van der Waals surface area contributed by atoms with E-state index in [0.717, 1.165) is 27.8 Å². The second kappa shape index (κ2) is 12.7. The number of fused-ring (bicyclic) bond motifs is 6. The molecule has 0 aliphatic carbocycles. The highest BCUT2D eigenvalue weighted by Gasteiger charge is 2.16. The van der Waals surface area contributed by atoms with Gasteiger partial charge >= 0.3 is 0 Å². The predicted molar refractivity (Wildman–Crippen MR) is 196 cm³/mol. The first-order valence-corrected chi connectivity index (χ1v) is 15.0. The van der Waals surface area contributed by atoms with Crippen molar-refractivity contribution in [3.05, 3.63) is 170 Å². The highest BCUT2D eigenvalue weighted by atomic mass is 15.0. The van der Waals surface area contributed by atoms with E-state index in [0.29, 0.717) is 0 Å². The number of hydrogen-bond donors (Lipinski definition) is 2. The molecular weight excluding hydrogens is 546 g/mol. The molecule has 1 heterocycles. The monoisotopic (exact) mass is 581 g/mol. The van der Waals surface area contributed by atoms with Crippen LogP contribution in [0.5, 0.6) is 0 Å². The average Bonchev–Trinajstić information content (AvgIpc) is 3.45. The summed E-state index contributed by atoms with van der Waals surface area (Å²) in [5, 5.41) is 15.2. The van der Waals surface area contributed by atoms with E-state index in [1.807, 2.05) is 13.0 Å². The van der Waals surface area contributed by atoms with Crippen molar-refractivity contribution in [3.63, 3.8) is 0 Å². The predicted octanol–water partition coefficient (Wildman–Crippen LogP) is 11.0. The Labute approximate surface area is 264 Å². The standard InChI is InChI=1S/C37H26N2.C5H9N/c1-2-10-27(24-38)30-22-21-29(32-13-6-7-14-33(30)32)25-17-19-31-26(23-25)18-20-35-34-15-8-9-16-36(34)39(37(31)35)28-11-4-3-5-12-28;1-3-5(2)4-6/h2-24,38H,1H2;3-4H,1,6H2,2H3/b27-10+,38-24?;5-4-. The summed E-state index contributed by atoms with van der Waals surface area (Å²) in [5.41, 5.74) is 13.9. The van der Waals surface area contributed by atoms with Gasteiger partial charge in [0.1, 0.15) is 0 Å². The van der Waals surface area contributed by atoms with E-state index in [4.69, 9.17) is 11.1 Å². The van der Waals surface area contributed by atoms with E-state index in [2.05, 4.69) is 139 Å². The van der Waals surface area contributed by atoms with Crippen molar-refractivity contribution in [2.24, 2.45) is 5.73 Å². The van der Waals surface area contributed by atoms with E-state index < -0.39 is 0 Å². The van der Waals surface area contributed by atoms with Gasteiger partial charge in [-0.3, -0.25) is 0 Å². The maximum absolute atomic E-state index is 7.93. The third-order valence-electron chi connectivity index (χ3n) is 8.25. The first-order valence-electron chi connectivity index (χ1n) is 15.0. The van der Waals surface area contributed by atoms with Gasteiger partial charge in [-0.05, 0) is 81.4 Å². The molecule has 7 aromatic rings. The van der Waals surface area contributed by atoms with Gasteiger partial charge in [0.15, 0.2) is 0 Å². The molecule has 0 spiro atoms. The van der Waals surface area contributed by atoms with Crippen molar-refractivity contribution in [1.29, 1.82) is 5.41 Å². The third-order valence-corrected chi connectivity index (χ3v) is 8.25. The SMILES string of the molecule is C=C/C(C)=C\N.C=C/C=C(\C=N)c1ccc(-c2ccc3c(ccc4c5ccccc5n(-c5ccccc5)c34)c2)c2ccccc12. The third kappa shape index (κ3) is 5.37. The minimum atomic E-state index is 0.849. The number of aromatic nitrogens is 1. The van der Waals surface area contributed by atoms with Gasteiger partial charge in [-0.1, -0.05) is 128 Å². The van der Waals surface area contributed by atoms with Crippen LogP contribution in [0, 0.1) is 5.41 Å². The van der Waals surface area contributed by atoms with Crippen LogP contribution < -0.4 is 5.73 Å². The summed E-state index contributed by atoms with van der Waals surface area (Å²) >= 11 is 0.